The molecule has 0 spiro atoms. The van der Waals surface area contributed by atoms with Crippen LogP contribution in [0.2, 0.25) is 0 Å². The quantitative estimate of drug-likeness (QED) is 0.467. The van der Waals surface area contributed by atoms with Gasteiger partial charge in [-0.05, 0) is 38.0 Å². The summed E-state index contributed by atoms with van der Waals surface area (Å²) in [5.74, 6) is 1.02. The molecule has 0 fully saturated rings. The molecule has 0 rings (SSSR count). The van der Waals surface area contributed by atoms with Gasteiger partial charge >= 0.3 is 0 Å². The van der Waals surface area contributed by atoms with Crippen molar-refractivity contribution in [3.8, 4) is 0 Å². The van der Waals surface area contributed by atoms with E-state index in [4.69, 9.17) is 5.14 Å². The molecule has 0 aliphatic rings. The molecule has 0 saturated carbocycles. The highest BCUT2D eigenvalue weighted by molar-refractivity contribution is 7.97. The van der Waals surface area contributed by atoms with E-state index in [-0.39, 0.29) is 16.4 Å². The van der Waals surface area contributed by atoms with E-state index in [9.17, 15) is 0 Å². The van der Waals surface area contributed by atoms with Gasteiger partial charge in [-0.1, -0.05) is 39.6 Å². The first-order valence-corrected chi connectivity index (χ1v) is 7.87. The predicted molar refractivity (Wildman–Crippen MR) is 85.4 cm³/mol. The zero-order valence-electron chi connectivity index (χ0n) is 13.6. The number of rotatable bonds is 5. The van der Waals surface area contributed by atoms with Crippen molar-refractivity contribution in [2.75, 3.05) is 12.8 Å². The fourth-order valence-corrected chi connectivity index (χ4v) is 2.64. The first-order chi connectivity index (χ1) is 7.94. The second kappa shape index (κ2) is 6.42. The third kappa shape index (κ3) is 5.31. The molecule has 0 bridgehead atoms. The summed E-state index contributed by atoms with van der Waals surface area (Å²) in [7, 11) is 2.16. The van der Waals surface area contributed by atoms with E-state index in [1.807, 2.05) is 0 Å². The number of nitrogens with zero attached hydrogens (tertiary/aromatic N) is 1. The summed E-state index contributed by atoms with van der Waals surface area (Å²) in [6, 6.07) is 0. The molecule has 0 aliphatic heterocycles. The molecule has 0 heterocycles. The van der Waals surface area contributed by atoms with E-state index in [0.29, 0.717) is 0 Å². The fraction of sp³-hybridized carbons (Fsp3) is 0.933. The maximum absolute atomic E-state index is 5.71. The lowest BCUT2D eigenvalue weighted by Crippen LogP contribution is -2.36. The van der Waals surface area contributed by atoms with Gasteiger partial charge in [0, 0.05) is 12.2 Å². The molecule has 0 amide bonds. The highest BCUT2D eigenvalue weighted by Crippen LogP contribution is 2.43. The van der Waals surface area contributed by atoms with E-state index >= 15 is 0 Å². The van der Waals surface area contributed by atoms with Crippen LogP contribution >= 0.6 is 11.9 Å². The Morgan fingerprint density at radius 3 is 1.89 bits per heavy atom. The van der Waals surface area contributed by atoms with Crippen molar-refractivity contribution >= 4 is 18.2 Å². The Kier molecular flexibility index (Phi) is 6.42. The summed E-state index contributed by atoms with van der Waals surface area (Å²) in [6.45, 7) is 16.0. The molecule has 1 unspecified atom stereocenters. The third-order valence-corrected chi connectivity index (χ3v) is 5.17. The molecular weight excluding hydrogens is 240 g/mol. The lowest BCUT2D eigenvalue weighted by atomic mass is 9.67. The van der Waals surface area contributed by atoms with Crippen LogP contribution in [0.3, 0.4) is 0 Å². The lowest BCUT2D eigenvalue weighted by Gasteiger charge is -2.41. The largest absolute Gasteiger partial charge is 0.278 e. The van der Waals surface area contributed by atoms with Gasteiger partial charge in [-0.3, -0.25) is 5.14 Å². The summed E-state index contributed by atoms with van der Waals surface area (Å²) < 4.78 is 2.31. The van der Waals surface area contributed by atoms with Crippen LogP contribution in [0.15, 0.2) is 0 Å². The summed E-state index contributed by atoms with van der Waals surface area (Å²) >= 11 is 1.47. The molecule has 0 aromatic carbocycles. The Labute approximate surface area is 119 Å². The van der Waals surface area contributed by atoms with Gasteiger partial charge in [-0.2, -0.15) is 0 Å². The Bertz CT molecular complexity index is 284. The smallest absolute Gasteiger partial charge is 0.153 e. The Balaban J connectivity index is 4.67. The Hall–Kier alpha value is -0.0200. The number of nitrogens with two attached hydrogens (primary N) is 1. The van der Waals surface area contributed by atoms with Crippen molar-refractivity contribution < 1.29 is 4.58 Å². The molecule has 3 heteroatoms. The molecule has 0 saturated heterocycles. The van der Waals surface area contributed by atoms with Gasteiger partial charge in [0.25, 0.3) is 0 Å². The molecule has 2 N–H and O–H groups in total. The lowest BCUT2D eigenvalue weighted by molar-refractivity contribution is -0.567. The van der Waals surface area contributed by atoms with Gasteiger partial charge in [-0.25, -0.2) is 4.58 Å². The average molecular weight is 274 g/mol. The van der Waals surface area contributed by atoms with Crippen molar-refractivity contribution in [1.82, 2.24) is 0 Å². The van der Waals surface area contributed by atoms with E-state index in [1.165, 1.54) is 18.4 Å². The average Bonchev–Trinajstić information content (AvgIpc) is 2.14. The minimum absolute atomic E-state index is 0.209. The molecule has 0 radical (unpaired) electrons. The second-order valence-corrected chi connectivity index (χ2v) is 8.25. The van der Waals surface area contributed by atoms with Crippen molar-refractivity contribution in [2.45, 2.75) is 66.8 Å². The van der Waals surface area contributed by atoms with E-state index in [1.54, 1.807) is 0 Å². The van der Waals surface area contributed by atoms with Crippen LogP contribution in [0.1, 0.15) is 61.3 Å². The van der Waals surface area contributed by atoms with Gasteiger partial charge in [-0.15, -0.1) is 0 Å². The van der Waals surface area contributed by atoms with Crippen molar-refractivity contribution in [3.63, 3.8) is 0 Å². The minimum atomic E-state index is 0.209. The molecular formula is C15H33N2S+. The van der Waals surface area contributed by atoms with Gasteiger partial charge in [0.15, 0.2) is 5.54 Å². The third-order valence-electron chi connectivity index (χ3n) is 4.37. The van der Waals surface area contributed by atoms with Crippen LogP contribution in [0, 0.1) is 10.8 Å². The molecule has 2 nitrogen and oxygen atoms in total. The van der Waals surface area contributed by atoms with Gasteiger partial charge in [0.05, 0.1) is 0 Å². The summed E-state index contributed by atoms with van der Waals surface area (Å²) in [6.07, 6.45) is 4.62. The Morgan fingerprint density at radius 2 is 1.56 bits per heavy atom. The molecule has 0 aliphatic carbocycles. The molecule has 1 atom stereocenters. The van der Waals surface area contributed by atoms with Gasteiger partial charge in [0.1, 0.15) is 13.3 Å². The van der Waals surface area contributed by atoms with Crippen LogP contribution in [-0.4, -0.2) is 29.1 Å². The van der Waals surface area contributed by atoms with Gasteiger partial charge < -0.3 is 0 Å². The van der Waals surface area contributed by atoms with Crippen LogP contribution in [0.25, 0.3) is 0 Å². The second-order valence-electron chi connectivity index (χ2n) is 7.62. The SMILES string of the molecule is C[N+](=CCCC(C)(CSN)C(C)(C)C)C(C)(C)C. The highest BCUT2D eigenvalue weighted by atomic mass is 32.2. The zero-order valence-corrected chi connectivity index (χ0v) is 14.4. The van der Waals surface area contributed by atoms with Crippen molar-refractivity contribution in [1.29, 1.82) is 0 Å². The van der Waals surface area contributed by atoms with E-state index < -0.39 is 0 Å². The van der Waals surface area contributed by atoms with Gasteiger partial charge in [0.2, 0.25) is 0 Å². The normalized spacial score (nSPS) is 17.7. The number of hydrogen-bond acceptors (Lipinski definition) is 2. The summed E-state index contributed by atoms with van der Waals surface area (Å²) in [5.41, 5.74) is 0.774. The predicted octanol–water partition coefficient (Wildman–Crippen LogP) is 3.94. The highest BCUT2D eigenvalue weighted by Gasteiger charge is 2.36. The summed E-state index contributed by atoms with van der Waals surface area (Å²) in [5, 5.41) is 5.71. The van der Waals surface area contributed by atoms with E-state index in [0.717, 1.165) is 12.2 Å². The monoisotopic (exact) mass is 273 g/mol. The molecule has 18 heavy (non-hydrogen) atoms. The maximum atomic E-state index is 5.71. The van der Waals surface area contributed by atoms with Crippen LogP contribution in [-0.2, 0) is 0 Å². The van der Waals surface area contributed by atoms with Crippen LogP contribution < -0.4 is 5.14 Å². The maximum Gasteiger partial charge on any atom is 0.153 e. The molecule has 0 aromatic rings. The first kappa shape index (κ1) is 18.0. The minimum Gasteiger partial charge on any atom is -0.278 e. The van der Waals surface area contributed by atoms with Crippen LogP contribution in [0.4, 0.5) is 0 Å². The Morgan fingerprint density at radius 1 is 1.06 bits per heavy atom. The van der Waals surface area contributed by atoms with Crippen molar-refractivity contribution in [3.05, 3.63) is 0 Å². The standard InChI is InChI=1S/C15H33N2S/c1-13(2,3)15(7,12-18-16)10-9-11-17(8)14(4,5)6/h11H,9-10,12,16H2,1-8H3/q+1. The van der Waals surface area contributed by atoms with Crippen LogP contribution in [0.5, 0.6) is 0 Å². The van der Waals surface area contributed by atoms with E-state index in [2.05, 4.69) is 66.3 Å². The topological polar surface area (TPSA) is 29.0 Å². The fourth-order valence-electron chi connectivity index (χ4n) is 1.70. The number of hydrogen-bond donors (Lipinski definition) is 1. The molecule has 108 valence electrons. The molecule has 0 aromatic heterocycles. The zero-order chi connectivity index (χ0) is 14.6. The van der Waals surface area contributed by atoms with Crippen molar-refractivity contribution in [2.24, 2.45) is 16.0 Å². The first-order valence-electron chi connectivity index (χ1n) is 6.82. The summed E-state index contributed by atoms with van der Waals surface area (Å²) in [4.78, 5) is 0.